The molecule has 2 rings (SSSR count). The predicted octanol–water partition coefficient (Wildman–Crippen LogP) is 2.46. The number of aromatic nitrogens is 4. The van der Waals surface area contributed by atoms with Crippen LogP contribution in [0.5, 0.6) is 6.01 Å². The zero-order valence-corrected chi connectivity index (χ0v) is 13.6. The Balaban J connectivity index is 2.33. The molecule has 0 unspecified atom stereocenters. The molecule has 0 saturated carbocycles. The number of nitrogen functional groups attached to an aromatic ring is 1. The van der Waals surface area contributed by atoms with Crippen LogP contribution in [0.15, 0.2) is 4.79 Å². The lowest BCUT2D eigenvalue weighted by Crippen LogP contribution is -2.17. The summed E-state index contributed by atoms with van der Waals surface area (Å²) in [5.41, 5.74) is 6.73. The number of anilines is 1. The molecule has 0 amide bonds. The van der Waals surface area contributed by atoms with Crippen molar-refractivity contribution in [1.29, 1.82) is 0 Å². The molecule has 0 spiro atoms. The molecular formula is C15H25N5O2. The van der Waals surface area contributed by atoms with Crippen LogP contribution in [0, 0.1) is 0 Å². The summed E-state index contributed by atoms with van der Waals surface area (Å²) in [6.07, 6.45) is 5.03. The number of H-pyrrole nitrogens is 1. The lowest BCUT2D eigenvalue weighted by atomic mass is 10.2. The normalized spacial score (nSPS) is 12.7. The molecule has 0 aliphatic carbocycles. The molecule has 0 aliphatic heterocycles. The molecule has 1 atom stereocenters. The maximum atomic E-state index is 12.1. The Morgan fingerprint density at radius 1 is 1.27 bits per heavy atom. The van der Waals surface area contributed by atoms with E-state index in [4.69, 9.17) is 10.5 Å². The largest absolute Gasteiger partial charge is 0.460 e. The zero-order valence-electron chi connectivity index (χ0n) is 13.6. The van der Waals surface area contributed by atoms with Crippen LogP contribution in [-0.2, 0) is 6.54 Å². The highest BCUT2D eigenvalue weighted by Gasteiger charge is 2.15. The smallest absolute Gasteiger partial charge is 0.327 e. The average Bonchev–Trinajstić information content (AvgIpc) is 2.77. The van der Waals surface area contributed by atoms with Crippen LogP contribution >= 0.6 is 0 Å². The van der Waals surface area contributed by atoms with Gasteiger partial charge in [-0.3, -0.25) is 4.57 Å². The first-order valence-electron chi connectivity index (χ1n) is 7.99. The van der Waals surface area contributed by atoms with Gasteiger partial charge in [0.1, 0.15) is 5.52 Å². The van der Waals surface area contributed by atoms with Crippen LogP contribution in [0.4, 0.5) is 5.82 Å². The van der Waals surface area contributed by atoms with Gasteiger partial charge in [-0.15, -0.1) is 0 Å². The van der Waals surface area contributed by atoms with Gasteiger partial charge in [-0.05, 0) is 19.8 Å². The monoisotopic (exact) mass is 307 g/mol. The van der Waals surface area contributed by atoms with Gasteiger partial charge in [-0.25, -0.2) is 4.79 Å². The van der Waals surface area contributed by atoms with E-state index in [1.54, 1.807) is 4.57 Å². The van der Waals surface area contributed by atoms with Crippen molar-refractivity contribution in [2.75, 3.05) is 5.73 Å². The van der Waals surface area contributed by atoms with E-state index in [0.717, 1.165) is 32.1 Å². The molecule has 2 aromatic rings. The quantitative estimate of drug-likeness (QED) is 0.730. The molecule has 0 bridgehead atoms. The summed E-state index contributed by atoms with van der Waals surface area (Å²) < 4.78 is 7.31. The molecule has 2 aromatic heterocycles. The molecule has 7 heteroatoms. The van der Waals surface area contributed by atoms with Crippen molar-refractivity contribution in [2.45, 2.75) is 65.5 Å². The zero-order chi connectivity index (χ0) is 16.1. The Morgan fingerprint density at radius 2 is 2.05 bits per heavy atom. The molecular weight excluding hydrogens is 282 g/mol. The molecule has 3 N–H and O–H groups in total. The van der Waals surface area contributed by atoms with E-state index >= 15 is 0 Å². The van der Waals surface area contributed by atoms with Crippen LogP contribution in [0.25, 0.3) is 11.2 Å². The number of nitrogens with zero attached hydrogens (tertiary/aromatic N) is 3. The summed E-state index contributed by atoms with van der Waals surface area (Å²) in [4.78, 5) is 23.3. The Labute approximate surface area is 129 Å². The number of imidazole rings is 1. The maximum Gasteiger partial charge on any atom is 0.327 e. The topological polar surface area (TPSA) is 98.8 Å². The van der Waals surface area contributed by atoms with Crippen molar-refractivity contribution in [3.05, 3.63) is 10.5 Å². The first-order valence-corrected chi connectivity index (χ1v) is 7.99. The summed E-state index contributed by atoms with van der Waals surface area (Å²) in [5.74, 6) is 0.245. The SMILES string of the molecule is CCCCCn1c(=O)[nH]c2c(N)nc(O[C@@H](C)CCC)nc21. The number of aryl methyl sites for hydroxylation is 1. The number of fused-ring (bicyclic) bond motifs is 1. The highest BCUT2D eigenvalue weighted by Crippen LogP contribution is 2.19. The number of nitrogens with two attached hydrogens (primary N) is 1. The minimum atomic E-state index is -0.203. The van der Waals surface area contributed by atoms with Crippen molar-refractivity contribution in [2.24, 2.45) is 0 Å². The molecule has 0 aromatic carbocycles. The van der Waals surface area contributed by atoms with Gasteiger partial charge < -0.3 is 15.5 Å². The summed E-state index contributed by atoms with van der Waals surface area (Å²) in [6.45, 7) is 6.81. The minimum Gasteiger partial charge on any atom is -0.460 e. The van der Waals surface area contributed by atoms with Crippen LogP contribution < -0.4 is 16.2 Å². The Hall–Kier alpha value is -2.05. The van der Waals surface area contributed by atoms with Crippen LogP contribution in [0.3, 0.4) is 0 Å². The molecule has 0 saturated heterocycles. The van der Waals surface area contributed by atoms with Gasteiger partial charge in [0.25, 0.3) is 0 Å². The van der Waals surface area contributed by atoms with Crippen molar-refractivity contribution in [1.82, 2.24) is 19.5 Å². The molecule has 7 nitrogen and oxygen atoms in total. The van der Waals surface area contributed by atoms with Gasteiger partial charge in [-0.2, -0.15) is 9.97 Å². The van der Waals surface area contributed by atoms with E-state index in [1.807, 2.05) is 6.92 Å². The van der Waals surface area contributed by atoms with Crippen molar-refractivity contribution >= 4 is 17.0 Å². The number of ether oxygens (including phenoxy) is 1. The molecule has 122 valence electrons. The van der Waals surface area contributed by atoms with E-state index in [1.165, 1.54) is 0 Å². The highest BCUT2D eigenvalue weighted by molar-refractivity contribution is 5.81. The predicted molar refractivity (Wildman–Crippen MR) is 87.1 cm³/mol. The van der Waals surface area contributed by atoms with Crippen molar-refractivity contribution < 1.29 is 4.74 Å². The Morgan fingerprint density at radius 3 is 2.73 bits per heavy atom. The lowest BCUT2D eigenvalue weighted by Gasteiger charge is -2.12. The van der Waals surface area contributed by atoms with Gasteiger partial charge in [0, 0.05) is 6.54 Å². The van der Waals surface area contributed by atoms with Gasteiger partial charge in [0.15, 0.2) is 11.5 Å². The standard InChI is InChI=1S/C15H25N5O2/c1-4-6-7-9-20-13-11(17-15(20)21)12(16)18-14(19-13)22-10(3)8-5-2/h10H,4-9H2,1-3H3,(H,17,21)(H2,16,18,19)/t10-/m0/s1. The third-order valence-electron chi connectivity index (χ3n) is 3.62. The van der Waals surface area contributed by atoms with E-state index in [-0.39, 0.29) is 23.6 Å². The second-order valence-corrected chi connectivity index (χ2v) is 5.60. The Kier molecular flexibility index (Phi) is 5.41. The average molecular weight is 307 g/mol. The fourth-order valence-electron chi connectivity index (χ4n) is 2.46. The van der Waals surface area contributed by atoms with Crippen molar-refractivity contribution in [3.63, 3.8) is 0 Å². The number of unbranched alkanes of at least 4 members (excludes halogenated alkanes) is 2. The van der Waals surface area contributed by atoms with E-state index in [0.29, 0.717) is 17.7 Å². The van der Waals surface area contributed by atoms with Crippen LogP contribution in [0.1, 0.15) is 52.9 Å². The Bertz CT molecular complexity index is 676. The van der Waals surface area contributed by atoms with Gasteiger partial charge in [0.2, 0.25) is 0 Å². The minimum absolute atomic E-state index is 0.0149. The lowest BCUT2D eigenvalue weighted by molar-refractivity contribution is 0.193. The fraction of sp³-hybridized carbons (Fsp3) is 0.667. The molecule has 0 radical (unpaired) electrons. The molecule has 2 heterocycles. The maximum absolute atomic E-state index is 12.1. The third kappa shape index (κ3) is 3.58. The van der Waals surface area contributed by atoms with E-state index in [9.17, 15) is 4.79 Å². The number of rotatable bonds is 8. The summed E-state index contributed by atoms with van der Waals surface area (Å²) in [6, 6.07) is 0.231. The number of aromatic amines is 1. The number of hydrogen-bond donors (Lipinski definition) is 2. The molecule has 0 fully saturated rings. The summed E-state index contributed by atoms with van der Waals surface area (Å²) >= 11 is 0. The van der Waals surface area contributed by atoms with Gasteiger partial charge in [0.05, 0.1) is 6.10 Å². The molecule has 22 heavy (non-hydrogen) atoms. The van der Waals surface area contributed by atoms with Crippen LogP contribution in [0.2, 0.25) is 0 Å². The second kappa shape index (κ2) is 7.29. The highest BCUT2D eigenvalue weighted by atomic mass is 16.5. The first kappa shape index (κ1) is 16.3. The van der Waals surface area contributed by atoms with Gasteiger partial charge >= 0.3 is 11.7 Å². The number of nitrogens with one attached hydrogen (secondary N) is 1. The second-order valence-electron chi connectivity index (χ2n) is 5.60. The summed E-state index contributed by atoms with van der Waals surface area (Å²) in [5, 5.41) is 0. The van der Waals surface area contributed by atoms with Crippen molar-refractivity contribution in [3.8, 4) is 6.01 Å². The molecule has 0 aliphatic rings. The third-order valence-corrected chi connectivity index (χ3v) is 3.62. The summed E-state index contributed by atoms with van der Waals surface area (Å²) in [7, 11) is 0. The fourth-order valence-corrected chi connectivity index (χ4v) is 2.46. The van der Waals surface area contributed by atoms with E-state index in [2.05, 4.69) is 28.8 Å². The van der Waals surface area contributed by atoms with Gasteiger partial charge in [-0.1, -0.05) is 33.1 Å². The first-order chi connectivity index (χ1) is 10.6. The number of hydrogen-bond acceptors (Lipinski definition) is 5. The van der Waals surface area contributed by atoms with E-state index < -0.39 is 0 Å². The van der Waals surface area contributed by atoms with Crippen LogP contribution in [-0.4, -0.2) is 25.6 Å².